The second kappa shape index (κ2) is 8.66. The van der Waals surface area contributed by atoms with Crippen LogP contribution in [0.15, 0.2) is 42.5 Å². The van der Waals surface area contributed by atoms with Crippen molar-refractivity contribution in [1.82, 2.24) is 4.90 Å². The molecule has 0 fully saturated rings. The number of nitrogens with one attached hydrogen (secondary N) is 1. The molecule has 1 aliphatic rings. The molecular formula is C21H23FN2O3. The van der Waals surface area contributed by atoms with Crippen molar-refractivity contribution in [2.24, 2.45) is 0 Å². The number of halogens is 1. The summed E-state index contributed by atoms with van der Waals surface area (Å²) in [7, 11) is 0. The van der Waals surface area contributed by atoms with Crippen LogP contribution in [0.5, 0.6) is 5.75 Å². The molecular weight excluding hydrogens is 347 g/mol. The Hall–Kier alpha value is -2.89. The maximum absolute atomic E-state index is 13.2. The van der Waals surface area contributed by atoms with Gasteiger partial charge in [-0.3, -0.25) is 9.59 Å². The van der Waals surface area contributed by atoms with Crippen molar-refractivity contribution in [2.75, 3.05) is 18.5 Å². The van der Waals surface area contributed by atoms with Crippen LogP contribution < -0.4 is 10.1 Å². The van der Waals surface area contributed by atoms with Gasteiger partial charge in [0.1, 0.15) is 5.82 Å². The topological polar surface area (TPSA) is 58.6 Å². The van der Waals surface area contributed by atoms with Gasteiger partial charge in [-0.15, -0.1) is 0 Å². The highest BCUT2D eigenvalue weighted by Crippen LogP contribution is 2.32. The molecule has 0 atom stereocenters. The fourth-order valence-corrected chi connectivity index (χ4v) is 3.07. The SMILES string of the molecule is CCCCCN(Cc1ccc(F)cc1)C(=O)c1cccc2c1OCC(=O)N2. The molecule has 3 rings (SSSR count). The van der Waals surface area contributed by atoms with E-state index >= 15 is 0 Å². The fourth-order valence-electron chi connectivity index (χ4n) is 3.07. The highest BCUT2D eigenvalue weighted by atomic mass is 19.1. The molecule has 0 radical (unpaired) electrons. The van der Waals surface area contributed by atoms with Crippen molar-refractivity contribution in [3.8, 4) is 5.75 Å². The number of anilines is 1. The lowest BCUT2D eigenvalue weighted by atomic mass is 10.1. The van der Waals surface area contributed by atoms with E-state index in [-0.39, 0.29) is 24.2 Å². The van der Waals surface area contributed by atoms with Crippen LogP contribution in [0.1, 0.15) is 42.1 Å². The van der Waals surface area contributed by atoms with Crippen LogP contribution in [-0.2, 0) is 11.3 Å². The molecule has 27 heavy (non-hydrogen) atoms. The minimum atomic E-state index is -0.302. The predicted molar refractivity (Wildman–Crippen MR) is 101 cm³/mol. The average molecular weight is 370 g/mol. The number of amides is 2. The van der Waals surface area contributed by atoms with E-state index in [9.17, 15) is 14.0 Å². The summed E-state index contributed by atoms with van der Waals surface area (Å²) in [4.78, 5) is 26.5. The first-order chi connectivity index (χ1) is 13.1. The lowest BCUT2D eigenvalue weighted by molar-refractivity contribution is -0.118. The van der Waals surface area contributed by atoms with Crippen LogP contribution in [0.4, 0.5) is 10.1 Å². The monoisotopic (exact) mass is 370 g/mol. The first kappa shape index (κ1) is 18.9. The lowest BCUT2D eigenvalue weighted by Crippen LogP contribution is -2.33. The largest absolute Gasteiger partial charge is 0.481 e. The molecule has 0 unspecified atom stereocenters. The van der Waals surface area contributed by atoms with Gasteiger partial charge < -0.3 is 15.0 Å². The highest BCUT2D eigenvalue weighted by molar-refractivity contribution is 6.03. The van der Waals surface area contributed by atoms with E-state index in [1.807, 2.05) is 0 Å². The molecule has 0 aromatic heterocycles. The van der Waals surface area contributed by atoms with Gasteiger partial charge in [-0.2, -0.15) is 0 Å². The molecule has 0 aliphatic carbocycles. The van der Waals surface area contributed by atoms with Crippen molar-refractivity contribution in [3.63, 3.8) is 0 Å². The van der Waals surface area contributed by atoms with Gasteiger partial charge in [0.2, 0.25) is 0 Å². The molecule has 142 valence electrons. The van der Waals surface area contributed by atoms with Gasteiger partial charge in [-0.1, -0.05) is 38.0 Å². The van der Waals surface area contributed by atoms with E-state index in [0.717, 1.165) is 24.8 Å². The predicted octanol–water partition coefficient (Wildman–Crippen LogP) is 3.99. The molecule has 0 saturated heterocycles. The van der Waals surface area contributed by atoms with Crippen LogP contribution >= 0.6 is 0 Å². The van der Waals surface area contributed by atoms with Gasteiger partial charge in [0, 0.05) is 13.1 Å². The van der Waals surface area contributed by atoms with Crippen molar-refractivity contribution in [2.45, 2.75) is 32.7 Å². The average Bonchev–Trinajstić information content (AvgIpc) is 2.67. The quantitative estimate of drug-likeness (QED) is 0.750. The second-order valence-electron chi connectivity index (χ2n) is 6.58. The van der Waals surface area contributed by atoms with E-state index in [0.29, 0.717) is 30.1 Å². The van der Waals surface area contributed by atoms with Crippen LogP contribution in [0.2, 0.25) is 0 Å². The molecule has 1 aliphatic heterocycles. The fraction of sp³-hybridized carbons (Fsp3) is 0.333. The van der Waals surface area contributed by atoms with E-state index < -0.39 is 0 Å². The molecule has 0 saturated carbocycles. The summed E-state index contributed by atoms with van der Waals surface area (Å²) in [5.41, 5.74) is 1.79. The molecule has 2 amide bonds. The summed E-state index contributed by atoms with van der Waals surface area (Å²) in [6, 6.07) is 11.3. The zero-order chi connectivity index (χ0) is 19.2. The summed E-state index contributed by atoms with van der Waals surface area (Å²) in [6.07, 6.45) is 2.96. The van der Waals surface area contributed by atoms with Crippen molar-refractivity contribution in [1.29, 1.82) is 0 Å². The third kappa shape index (κ3) is 4.64. The molecule has 2 aromatic rings. The zero-order valence-corrected chi connectivity index (χ0v) is 15.3. The summed E-state index contributed by atoms with van der Waals surface area (Å²) < 4.78 is 18.7. The van der Waals surface area contributed by atoms with Gasteiger partial charge in [0.25, 0.3) is 11.8 Å². The Labute approximate surface area is 158 Å². The Morgan fingerprint density at radius 2 is 1.96 bits per heavy atom. The molecule has 1 heterocycles. The molecule has 0 spiro atoms. The summed E-state index contributed by atoms with van der Waals surface area (Å²) in [5.74, 6) is -0.299. The second-order valence-corrected chi connectivity index (χ2v) is 6.58. The van der Waals surface area contributed by atoms with E-state index in [1.165, 1.54) is 12.1 Å². The first-order valence-electron chi connectivity index (χ1n) is 9.18. The normalized spacial score (nSPS) is 12.7. The van der Waals surface area contributed by atoms with Crippen molar-refractivity contribution >= 4 is 17.5 Å². The van der Waals surface area contributed by atoms with Gasteiger partial charge in [-0.05, 0) is 36.2 Å². The standard InChI is InChI=1S/C21H23FN2O3/c1-2-3-4-12-24(13-15-8-10-16(22)11-9-15)21(26)17-6-5-7-18-20(17)27-14-19(25)23-18/h5-11H,2-4,12-14H2,1H3,(H,23,25). The van der Waals surface area contributed by atoms with Crippen LogP contribution in [0, 0.1) is 5.82 Å². The van der Waals surface area contributed by atoms with Gasteiger partial charge >= 0.3 is 0 Å². The first-order valence-corrected chi connectivity index (χ1v) is 9.18. The number of nitrogens with zero attached hydrogens (tertiary/aromatic N) is 1. The number of hydrogen-bond donors (Lipinski definition) is 1. The third-order valence-electron chi connectivity index (χ3n) is 4.47. The molecule has 2 aromatic carbocycles. The van der Waals surface area contributed by atoms with Crippen molar-refractivity contribution < 1.29 is 18.7 Å². The smallest absolute Gasteiger partial charge is 0.262 e. The minimum absolute atomic E-state index is 0.106. The number of hydrogen-bond acceptors (Lipinski definition) is 3. The van der Waals surface area contributed by atoms with Crippen molar-refractivity contribution in [3.05, 3.63) is 59.4 Å². The Kier molecular flexibility index (Phi) is 6.06. The number of fused-ring (bicyclic) bond motifs is 1. The Balaban J connectivity index is 1.85. The number of carbonyl (C=O) groups is 2. The van der Waals surface area contributed by atoms with E-state index in [4.69, 9.17) is 4.74 Å². The molecule has 1 N–H and O–H groups in total. The van der Waals surface area contributed by atoms with E-state index in [2.05, 4.69) is 12.2 Å². The molecule has 5 nitrogen and oxygen atoms in total. The number of para-hydroxylation sites is 1. The molecule has 0 bridgehead atoms. The van der Waals surface area contributed by atoms with Crippen LogP contribution in [-0.4, -0.2) is 29.9 Å². The summed E-state index contributed by atoms with van der Waals surface area (Å²) in [5, 5.41) is 2.73. The Morgan fingerprint density at radius 3 is 2.70 bits per heavy atom. The lowest BCUT2D eigenvalue weighted by Gasteiger charge is -2.26. The van der Waals surface area contributed by atoms with E-state index in [1.54, 1.807) is 35.2 Å². The Morgan fingerprint density at radius 1 is 1.19 bits per heavy atom. The van der Waals surface area contributed by atoms with Crippen LogP contribution in [0.25, 0.3) is 0 Å². The number of benzene rings is 2. The highest BCUT2D eigenvalue weighted by Gasteiger charge is 2.25. The maximum Gasteiger partial charge on any atom is 0.262 e. The summed E-state index contributed by atoms with van der Waals surface area (Å²) >= 11 is 0. The Bertz CT molecular complexity index is 821. The minimum Gasteiger partial charge on any atom is -0.481 e. The van der Waals surface area contributed by atoms with Gasteiger partial charge in [-0.25, -0.2) is 4.39 Å². The molecule has 6 heteroatoms. The number of ether oxygens (including phenoxy) is 1. The summed E-state index contributed by atoms with van der Waals surface area (Å²) in [6.45, 7) is 2.99. The van der Waals surface area contributed by atoms with Gasteiger partial charge in [0.05, 0.1) is 11.3 Å². The van der Waals surface area contributed by atoms with Crippen LogP contribution in [0.3, 0.4) is 0 Å². The third-order valence-corrected chi connectivity index (χ3v) is 4.47. The number of unbranched alkanes of at least 4 members (excludes halogenated alkanes) is 2. The van der Waals surface area contributed by atoms with Gasteiger partial charge in [0.15, 0.2) is 12.4 Å². The zero-order valence-electron chi connectivity index (χ0n) is 15.3. The number of rotatable bonds is 7. The maximum atomic E-state index is 13.2. The number of carbonyl (C=O) groups excluding carboxylic acids is 2.